The molecule has 0 amide bonds. The predicted octanol–water partition coefficient (Wildman–Crippen LogP) is 5.00. The zero-order valence-electron chi connectivity index (χ0n) is 13.6. The van der Waals surface area contributed by atoms with E-state index in [1.165, 1.54) is 31.4 Å². The van der Waals surface area contributed by atoms with E-state index in [1.807, 2.05) is 0 Å². The van der Waals surface area contributed by atoms with Gasteiger partial charge in [0.2, 0.25) is 0 Å². The molecule has 0 N–H and O–H groups in total. The van der Waals surface area contributed by atoms with Crippen LogP contribution in [-0.2, 0) is 6.42 Å². The highest BCUT2D eigenvalue weighted by Crippen LogP contribution is 2.49. The Morgan fingerprint density at radius 2 is 1.86 bits per heavy atom. The summed E-state index contributed by atoms with van der Waals surface area (Å²) in [5.41, 5.74) is 6.16. The Morgan fingerprint density at radius 3 is 2.64 bits per heavy atom. The number of anilines is 1. The minimum absolute atomic E-state index is 0.537. The van der Waals surface area contributed by atoms with Gasteiger partial charge in [-0.2, -0.15) is 0 Å². The van der Waals surface area contributed by atoms with E-state index in [0.29, 0.717) is 17.9 Å². The van der Waals surface area contributed by atoms with Crippen LogP contribution in [0.3, 0.4) is 0 Å². The third-order valence-corrected chi connectivity index (χ3v) is 5.73. The second kappa shape index (κ2) is 5.46. The topological polar surface area (TPSA) is 3.24 Å². The fourth-order valence-electron chi connectivity index (χ4n) is 4.82. The molecule has 2 aliphatic heterocycles. The minimum Gasteiger partial charge on any atom is -0.368 e. The van der Waals surface area contributed by atoms with Gasteiger partial charge in [-0.1, -0.05) is 62.4 Å². The molecule has 22 heavy (non-hydrogen) atoms. The van der Waals surface area contributed by atoms with Gasteiger partial charge in [0.15, 0.2) is 0 Å². The molecule has 0 saturated heterocycles. The normalized spacial score (nSPS) is 26.6. The van der Waals surface area contributed by atoms with Gasteiger partial charge in [-0.3, -0.25) is 0 Å². The molecule has 0 fully saturated rings. The van der Waals surface area contributed by atoms with Crippen LogP contribution in [-0.4, -0.2) is 12.6 Å². The molecule has 3 unspecified atom stereocenters. The van der Waals surface area contributed by atoms with E-state index in [9.17, 15) is 0 Å². The first-order valence-electron chi connectivity index (χ1n) is 8.74. The Kier molecular flexibility index (Phi) is 3.44. The Balaban J connectivity index is 1.92. The Morgan fingerprint density at radius 1 is 1.05 bits per heavy atom. The first-order valence-corrected chi connectivity index (χ1v) is 8.74. The van der Waals surface area contributed by atoms with Crippen LogP contribution in [0.4, 0.5) is 5.69 Å². The molecule has 2 aromatic carbocycles. The molecule has 4 rings (SSSR count). The van der Waals surface area contributed by atoms with Gasteiger partial charge < -0.3 is 4.90 Å². The molecular formula is C21H25N. The Hall–Kier alpha value is -1.76. The lowest BCUT2D eigenvalue weighted by molar-refractivity contribution is 0.351. The van der Waals surface area contributed by atoms with Crippen molar-refractivity contribution in [1.82, 2.24) is 0 Å². The molecule has 0 radical (unpaired) electrons. The Bertz CT molecular complexity index is 661. The summed E-state index contributed by atoms with van der Waals surface area (Å²) in [5.74, 6) is 1.20. The van der Waals surface area contributed by atoms with E-state index < -0.39 is 0 Å². The van der Waals surface area contributed by atoms with Crippen molar-refractivity contribution in [2.24, 2.45) is 5.92 Å². The minimum atomic E-state index is 0.537. The maximum Gasteiger partial charge on any atom is 0.0440 e. The lowest BCUT2D eigenvalue weighted by Gasteiger charge is -2.49. The average molecular weight is 291 g/mol. The molecule has 3 atom stereocenters. The lowest BCUT2D eigenvalue weighted by atomic mass is 9.71. The smallest absolute Gasteiger partial charge is 0.0440 e. The van der Waals surface area contributed by atoms with E-state index in [0.717, 1.165) is 0 Å². The van der Waals surface area contributed by atoms with Crippen LogP contribution in [0.25, 0.3) is 0 Å². The number of hydrogen-bond acceptors (Lipinski definition) is 1. The molecule has 114 valence electrons. The summed E-state index contributed by atoms with van der Waals surface area (Å²) in [7, 11) is 0. The van der Waals surface area contributed by atoms with Crippen molar-refractivity contribution in [1.29, 1.82) is 0 Å². The molecule has 0 aromatic heterocycles. The monoisotopic (exact) mass is 291 g/mol. The highest BCUT2D eigenvalue weighted by Gasteiger charge is 2.40. The van der Waals surface area contributed by atoms with Crippen molar-refractivity contribution in [3.63, 3.8) is 0 Å². The van der Waals surface area contributed by atoms with Gasteiger partial charge in [-0.15, -0.1) is 0 Å². The summed E-state index contributed by atoms with van der Waals surface area (Å²) < 4.78 is 0. The van der Waals surface area contributed by atoms with Crippen LogP contribution in [0.2, 0.25) is 0 Å². The van der Waals surface area contributed by atoms with Gasteiger partial charge in [-0.05, 0) is 41.9 Å². The number of rotatable bonds is 2. The highest BCUT2D eigenvalue weighted by atomic mass is 15.2. The molecule has 1 heteroatoms. The molecule has 1 nitrogen and oxygen atoms in total. The lowest BCUT2D eigenvalue weighted by Crippen LogP contribution is -2.48. The predicted molar refractivity (Wildman–Crippen MR) is 93.6 cm³/mol. The van der Waals surface area contributed by atoms with Gasteiger partial charge >= 0.3 is 0 Å². The second-order valence-corrected chi connectivity index (χ2v) is 6.87. The summed E-state index contributed by atoms with van der Waals surface area (Å²) >= 11 is 0. The first kappa shape index (κ1) is 13.9. The molecule has 0 saturated carbocycles. The number of nitrogens with zero attached hydrogens (tertiary/aromatic N) is 1. The van der Waals surface area contributed by atoms with Crippen LogP contribution in [0.1, 0.15) is 49.3 Å². The van der Waals surface area contributed by atoms with Crippen LogP contribution in [0.15, 0.2) is 48.5 Å². The molecule has 0 bridgehead atoms. The third kappa shape index (κ3) is 1.99. The van der Waals surface area contributed by atoms with Crippen LogP contribution >= 0.6 is 0 Å². The van der Waals surface area contributed by atoms with Crippen molar-refractivity contribution < 1.29 is 0 Å². The van der Waals surface area contributed by atoms with E-state index in [1.54, 1.807) is 16.8 Å². The van der Waals surface area contributed by atoms with E-state index in [2.05, 4.69) is 67.3 Å². The molecular weight excluding hydrogens is 266 g/mol. The number of benzene rings is 2. The highest BCUT2D eigenvalue weighted by molar-refractivity contribution is 5.67. The van der Waals surface area contributed by atoms with Gasteiger partial charge in [-0.25, -0.2) is 0 Å². The van der Waals surface area contributed by atoms with Crippen LogP contribution in [0.5, 0.6) is 0 Å². The number of para-hydroxylation sites is 1. The standard InChI is InChI=1S/C21H25N/c1-3-19-15(2)20(16-9-5-4-6-10-16)18-13-7-11-17-12-8-14-22(19)21(17)18/h4-7,9-11,13,15,19-20H,3,8,12,14H2,1-2H3. The fourth-order valence-corrected chi connectivity index (χ4v) is 4.82. The summed E-state index contributed by atoms with van der Waals surface area (Å²) in [6.45, 7) is 6.04. The second-order valence-electron chi connectivity index (χ2n) is 6.87. The van der Waals surface area contributed by atoms with Crippen molar-refractivity contribution >= 4 is 5.69 Å². The summed E-state index contributed by atoms with van der Waals surface area (Å²) in [6.07, 6.45) is 3.78. The van der Waals surface area contributed by atoms with Gasteiger partial charge in [0, 0.05) is 24.2 Å². The molecule has 2 aromatic rings. The maximum absolute atomic E-state index is 2.72. The van der Waals surface area contributed by atoms with Crippen molar-refractivity contribution in [3.05, 3.63) is 65.2 Å². The van der Waals surface area contributed by atoms with Gasteiger partial charge in [0.1, 0.15) is 0 Å². The van der Waals surface area contributed by atoms with Gasteiger partial charge in [0.05, 0.1) is 0 Å². The first-order chi connectivity index (χ1) is 10.8. The SMILES string of the molecule is CCC1C(C)C(c2ccccc2)c2cccc3c2N1CCC3. The van der Waals surface area contributed by atoms with Crippen LogP contribution < -0.4 is 4.90 Å². The van der Waals surface area contributed by atoms with E-state index in [-0.39, 0.29) is 0 Å². The molecule has 0 spiro atoms. The quantitative estimate of drug-likeness (QED) is 0.752. The number of hydrogen-bond donors (Lipinski definition) is 0. The third-order valence-electron chi connectivity index (χ3n) is 5.73. The molecule has 2 aliphatic rings. The molecule has 2 heterocycles. The largest absolute Gasteiger partial charge is 0.368 e. The van der Waals surface area contributed by atoms with E-state index >= 15 is 0 Å². The Labute approximate surface area is 134 Å². The summed E-state index contributed by atoms with van der Waals surface area (Å²) in [6, 6.07) is 18.8. The number of aryl methyl sites for hydroxylation is 1. The summed E-state index contributed by atoms with van der Waals surface area (Å²) in [4.78, 5) is 2.72. The zero-order chi connectivity index (χ0) is 15.1. The van der Waals surface area contributed by atoms with Crippen LogP contribution in [0, 0.1) is 5.92 Å². The zero-order valence-corrected chi connectivity index (χ0v) is 13.6. The van der Waals surface area contributed by atoms with E-state index in [4.69, 9.17) is 0 Å². The van der Waals surface area contributed by atoms with Crippen molar-refractivity contribution in [3.8, 4) is 0 Å². The van der Waals surface area contributed by atoms with Crippen molar-refractivity contribution in [2.45, 2.75) is 45.1 Å². The maximum atomic E-state index is 2.72. The summed E-state index contributed by atoms with van der Waals surface area (Å²) in [5, 5.41) is 0. The van der Waals surface area contributed by atoms with Crippen molar-refractivity contribution in [2.75, 3.05) is 11.4 Å². The molecule has 0 aliphatic carbocycles. The fraction of sp³-hybridized carbons (Fsp3) is 0.429. The van der Waals surface area contributed by atoms with Gasteiger partial charge in [0.25, 0.3) is 0 Å². The average Bonchev–Trinajstić information content (AvgIpc) is 2.56.